The predicted molar refractivity (Wildman–Crippen MR) is 94.2 cm³/mol. The van der Waals surface area contributed by atoms with Crippen molar-refractivity contribution in [1.29, 1.82) is 0 Å². The van der Waals surface area contributed by atoms with Gasteiger partial charge in [0.15, 0.2) is 0 Å². The Kier molecular flexibility index (Phi) is 6.27. The minimum atomic E-state index is 0.176. The van der Waals surface area contributed by atoms with Crippen LogP contribution in [0.3, 0.4) is 0 Å². The molecule has 1 unspecified atom stereocenters. The molecule has 0 bridgehead atoms. The highest BCUT2D eigenvalue weighted by atomic mass is 32.1. The molecule has 1 N–H and O–H groups in total. The van der Waals surface area contributed by atoms with Crippen molar-refractivity contribution in [3.63, 3.8) is 0 Å². The Labute approximate surface area is 134 Å². The fourth-order valence-corrected chi connectivity index (χ4v) is 4.64. The van der Waals surface area contributed by atoms with Crippen LogP contribution in [0, 0.1) is 6.92 Å². The van der Waals surface area contributed by atoms with E-state index in [4.69, 9.17) is 0 Å². The van der Waals surface area contributed by atoms with Gasteiger partial charge in [-0.25, -0.2) is 0 Å². The van der Waals surface area contributed by atoms with Gasteiger partial charge in [0, 0.05) is 10.4 Å². The fourth-order valence-electron chi connectivity index (χ4n) is 3.46. The maximum Gasteiger partial charge on any atom is 0.0599 e. The second-order valence-electron chi connectivity index (χ2n) is 6.91. The molecule has 2 heterocycles. The van der Waals surface area contributed by atoms with Crippen molar-refractivity contribution in [2.45, 2.75) is 71.4 Å². The molecule has 0 amide bonds. The summed E-state index contributed by atoms with van der Waals surface area (Å²) in [4.78, 5) is 4.25. The SMILES string of the molecule is CCCNC(c1sccc1C)C(C)(C)N1CCCCCC1. The van der Waals surface area contributed by atoms with Crippen LogP contribution < -0.4 is 5.32 Å². The van der Waals surface area contributed by atoms with Crippen LogP contribution in [-0.4, -0.2) is 30.1 Å². The van der Waals surface area contributed by atoms with Gasteiger partial charge in [-0.3, -0.25) is 4.90 Å². The van der Waals surface area contributed by atoms with Crippen molar-refractivity contribution in [3.05, 3.63) is 21.9 Å². The molecular formula is C18H32N2S. The zero-order chi connectivity index (χ0) is 15.3. The van der Waals surface area contributed by atoms with Crippen LogP contribution in [0.5, 0.6) is 0 Å². The van der Waals surface area contributed by atoms with Gasteiger partial charge in [-0.2, -0.15) is 0 Å². The van der Waals surface area contributed by atoms with Gasteiger partial charge < -0.3 is 5.32 Å². The number of likely N-dealkylation sites (tertiary alicyclic amines) is 1. The molecular weight excluding hydrogens is 276 g/mol. The van der Waals surface area contributed by atoms with Gasteiger partial charge in [-0.05, 0) is 76.7 Å². The summed E-state index contributed by atoms with van der Waals surface area (Å²) in [6.07, 6.45) is 6.70. The van der Waals surface area contributed by atoms with Gasteiger partial charge in [-0.1, -0.05) is 19.8 Å². The monoisotopic (exact) mass is 308 g/mol. The summed E-state index contributed by atoms with van der Waals surface area (Å²) in [5.74, 6) is 0. The lowest BCUT2D eigenvalue weighted by Crippen LogP contribution is -2.53. The van der Waals surface area contributed by atoms with Crippen LogP contribution in [0.1, 0.15) is 69.4 Å². The normalized spacial score (nSPS) is 19.4. The van der Waals surface area contributed by atoms with Crippen molar-refractivity contribution in [3.8, 4) is 0 Å². The first kappa shape index (κ1) is 17.0. The predicted octanol–water partition coefficient (Wildman–Crippen LogP) is 4.75. The van der Waals surface area contributed by atoms with Crippen molar-refractivity contribution in [2.24, 2.45) is 0 Å². The van der Waals surface area contributed by atoms with E-state index < -0.39 is 0 Å². The molecule has 1 saturated heterocycles. The summed E-state index contributed by atoms with van der Waals surface area (Å²) >= 11 is 1.91. The summed E-state index contributed by atoms with van der Waals surface area (Å²) in [6, 6.07) is 2.70. The van der Waals surface area contributed by atoms with E-state index in [0.29, 0.717) is 6.04 Å². The maximum atomic E-state index is 3.84. The van der Waals surface area contributed by atoms with E-state index in [1.807, 2.05) is 11.3 Å². The van der Waals surface area contributed by atoms with Gasteiger partial charge >= 0.3 is 0 Å². The van der Waals surface area contributed by atoms with Crippen LogP contribution in [0.15, 0.2) is 11.4 Å². The fraction of sp³-hybridized carbons (Fsp3) is 0.778. The zero-order valence-corrected chi connectivity index (χ0v) is 15.1. The van der Waals surface area contributed by atoms with Crippen LogP contribution in [0.4, 0.5) is 0 Å². The molecule has 0 spiro atoms. The van der Waals surface area contributed by atoms with E-state index >= 15 is 0 Å². The highest BCUT2D eigenvalue weighted by Gasteiger charge is 2.37. The molecule has 120 valence electrons. The highest BCUT2D eigenvalue weighted by Crippen LogP contribution is 2.36. The lowest BCUT2D eigenvalue weighted by atomic mass is 9.89. The van der Waals surface area contributed by atoms with E-state index in [1.165, 1.54) is 55.6 Å². The van der Waals surface area contributed by atoms with Crippen molar-refractivity contribution in [1.82, 2.24) is 10.2 Å². The summed E-state index contributed by atoms with van der Waals surface area (Å²) < 4.78 is 0. The van der Waals surface area contributed by atoms with Crippen LogP contribution in [-0.2, 0) is 0 Å². The average Bonchev–Trinajstić information content (AvgIpc) is 2.71. The van der Waals surface area contributed by atoms with Gasteiger partial charge in [0.05, 0.1) is 6.04 Å². The number of rotatable bonds is 6. The third-order valence-corrected chi connectivity index (χ3v) is 5.97. The highest BCUT2D eigenvalue weighted by molar-refractivity contribution is 7.10. The topological polar surface area (TPSA) is 15.3 Å². The van der Waals surface area contributed by atoms with Crippen LogP contribution in [0.25, 0.3) is 0 Å². The Bertz CT molecular complexity index is 417. The Morgan fingerprint density at radius 1 is 1.24 bits per heavy atom. The van der Waals surface area contributed by atoms with E-state index in [2.05, 4.69) is 49.4 Å². The molecule has 0 radical (unpaired) electrons. The third-order valence-electron chi connectivity index (χ3n) is 4.89. The van der Waals surface area contributed by atoms with Crippen LogP contribution in [0.2, 0.25) is 0 Å². The van der Waals surface area contributed by atoms with E-state index in [9.17, 15) is 0 Å². The molecule has 1 atom stereocenters. The molecule has 1 fully saturated rings. The quantitative estimate of drug-likeness (QED) is 0.815. The second-order valence-corrected chi connectivity index (χ2v) is 7.86. The Balaban J connectivity index is 2.22. The molecule has 3 heteroatoms. The largest absolute Gasteiger partial charge is 0.308 e. The van der Waals surface area contributed by atoms with Gasteiger partial charge in [0.1, 0.15) is 0 Å². The number of nitrogens with one attached hydrogen (secondary N) is 1. The third kappa shape index (κ3) is 4.08. The minimum absolute atomic E-state index is 0.176. The summed E-state index contributed by atoms with van der Waals surface area (Å²) in [7, 11) is 0. The van der Waals surface area contributed by atoms with Gasteiger partial charge in [0.25, 0.3) is 0 Å². The maximum absolute atomic E-state index is 3.84. The number of aryl methyl sites for hydroxylation is 1. The standard InChI is InChI=1S/C18H32N2S/c1-5-11-19-17(16-15(2)10-14-21-16)18(3,4)20-12-8-6-7-9-13-20/h10,14,17,19H,5-9,11-13H2,1-4H3. The van der Waals surface area contributed by atoms with E-state index in [1.54, 1.807) is 0 Å². The molecule has 0 saturated carbocycles. The van der Waals surface area contributed by atoms with Crippen molar-refractivity contribution in [2.75, 3.05) is 19.6 Å². The smallest absolute Gasteiger partial charge is 0.0599 e. The number of thiophene rings is 1. The van der Waals surface area contributed by atoms with Gasteiger partial charge in [0.2, 0.25) is 0 Å². The molecule has 0 aromatic carbocycles. The summed E-state index contributed by atoms with van der Waals surface area (Å²) in [6.45, 7) is 13.0. The lowest BCUT2D eigenvalue weighted by Gasteiger charge is -2.44. The molecule has 1 aromatic rings. The Morgan fingerprint density at radius 2 is 1.90 bits per heavy atom. The number of hydrogen-bond acceptors (Lipinski definition) is 3. The Hall–Kier alpha value is -0.380. The number of nitrogens with zero attached hydrogens (tertiary/aromatic N) is 1. The van der Waals surface area contributed by atoms with Crippen molar-refractivity contribution < 1.29 is 0 Å². The molecule has 21 heavy (non-hydrogen) atoms. The number of hydrogen-bond donors (Lipinski definition) is 1. The molecule has 1 aromatic heterocycles. The first-order valence-corrected chi connectivity index (χ1v) is 9.47. The molecule has 0 aliphatic carbocycles. The summed E-state index contributed by atoms with van der Waals surface area (Å²) in [5.41, 5.74) is 1.62. The molecule has 2 rings (SSSR count). The first-order valence-electron chi connectivity index (χ1n) is 8.59. The van der Waals surface area contributed by atoms with Crippen molar-refractivity contribution >= 4 is 11.3 Å². The average molecular weight is 309 g/mol. The molecule has 1 aliphatic rings. The van der Waals surface area contributed by atoms with E-state index in [-0.39, 0.29) is 5.54 Å². The molecule has 1 aliphatic heterocycles. The molecule has 2 nitrogen and oxygen atoms in total. The Morgan fingerprint density at radius 3 is 2.43 bits per heavy atom. The van der Waals surface area contributed by atoms with Crippen LogP contribution >= 0.6 is 11.3 Å². The lowest BCUT2D eigenvalue weighted by molar-refractivity contribution is 0.0844. The first-order chi connectivity index (χ1) is 10.1. The van der Waals surface area contributed by atoms with Gasteiger partial charge in [-0.15, -0.1) is 11.3 Å². The zero-order valence-electron chi connectivity index (χ0n) is 14.2. The van der Waals surface area contributed by atoms with E-state index in [0.717, 1.165) is 6.54 Å². The minimum Gasteiger partial charge on any atom is -0.308 e. The second kappa shape index (κ2) is 7.75. The summed E-state index contributed by atoms with van der Waals surface area (Å²) in [5, 5.41) is 6.08.